The fraction of sp³-hybridized carbons (Fsp3) is 0.0690. The summed E-state index contributed by atoms with van der Waals surface area (Å²) in [5.41, 5.74) is -4.34. The molecule has 1 amide bonds. The molecule has 0 bridgehead atoms. The second kappa shape index (κ2) is 28.0. The van der Waals surface area contributed by atoms with Crippen LogP contribution in [-0.2, 0) is 34.6 Å². The Hall–Kier alpha value is 2.93. The summed E-state index contributed by atoms with van der Waals surface area (Å²) in [6.07, 6.45) is 6.87. The van der Waals surface area contributed by atoms with Gasteiger partial charge in [-0.25, -0.2) is 50.4 Å². The number of ketones is 1. The Bertz CT molecular complexity index is 2440. The summed E-state index contributed by atoms with van der Waals surface area (Å²) >= 11 is -0.154. The Labute approximate surface area is 540 Å². The van der Waals surface area contributed by atoms with E-state index in [1.165, 1.54) is 19.1 Å². The number of aliphatic hydroxyl groups is 1. The first kappa shape index (κ1) is 61.0. The Kier molecular flexibility index (Phi) is 30.5. The molecule has 3 aromatic rings. The van der Waals surface area contributed by atoms with Crippen molar-refractivity contribution in [3.63, 3.8) is 0 Å². The number of allylic oxidation sites excluding steroid dienone is 4. The summed E-state index contributed by atoms with van der Waals surface area (Å²) in [4.78, 5) is 50.1. The maximum atomic E-state index is 13.4. The van der Waals surface area contributed by atoms with Crippen molar-refractivity contribution in [2.24, 2.45) is 5.10 Å². The van der Waals surface area contributed by atoms with Gasteiger partial charge in [0.25, 0.3) is 17.2 Å². The van der Waals surface area contributed by atoms with Gasteiger partial charge in [-0.15, -0.1) is 0 Å². The molecule has 56 heavy (non-hydrogen) atoms. The number of hydrogen-bond acceptors (Lipinski definition) is 17. The normalized spacial score (nSPS) is 13.0. The number of ether oxygens (including phenoxy) is 1. The molecular formula is C29H18K5N4O14S4. The van der Waals surface area contributed by atoms with Crippen molar-refractivity contribution in [3.05, 3.63) is 87.9 Å². The number of rotatable bonds is 12. The standard InChI is InChI=1S/C29H22N4O14S4.5K/c1-2-47-29(38)26-19(28(37)33(31-26)21-15-17(49-40)9-11-24(21)51(44,45)46)7-5-3-4-6-18-25(22(35)12-13-34)30-32(27(18)36)20-14-16(48-39)8-10-23(20)50(41,42)43;;;;;/h3-11,14-15,31,34,39-40H,2H2,1H3,(H,41,42,43)(H,44,45,46);;;;;/q;;4*+1/p-4/b4-3?,7-5?,18-6-;;;;;. The molecular weight excluding hydrogens is 952 g/mol. The van der Waals surface area contributed by atoms with E-state index in [1.54, 1.807) is 5.92 Å². The van der Waals surface area contributed by atoms with E-state index in [0.29, 0.717) is 9.69 Å². The van der Waals surface area contributed by atoms with Crippen LogP contribution in [0.5, 0.6) is 0 Å². The molecule has 2 heterocycles. The van der Waals surface area contributed by atoms with Crippen molar-refractivity contribution in [3.8, 4) is 17.7 Å². The SMILES string of the molecule is CCOC(=O)c1[nH]n(-c2cc(S[O-])ccc2S(=O)(=O)[O-])c(=O)c1C=CC=C/C=C1\C(=O)N(c2cc(S[O-])ccc2S(=O)(=O)[O-])N=C1C(=O)C#CO.[K+].[K+].[K+].[K+].[K]. The van der Waals surface area contributed by atoms with E-state index < -0.39 is 87.2 Å². The van der Waals surface area contributed by atoms with E-state index >= 15 is 0 Å². The van der Waals surface area contributed by atoms with E-state index in [-0.39, 0.29) is 297 Å². The van der Waals surface area contributed by atoms with Crippen LogP contribution in [0.15, 0.2) is 95.8 Å². The van der Waals surface area contributed by atoms with Gasteiger partial charge in [-0.05, 0) is 65.3 Å². The summed E-state index contributed by atoms with van der Waals surface area (Å²) < 4.78 is 99.6. The monoisotopic (exact) mass is 969 g/mol. The van der Waals surface area contributed by atoms with Crippen LogP contribution in [0.2, 0.25) is 0 Å². The summed E-state index contributed by atoms with van der Waals surface area (Å²) in [6, 6.07) is 5.51. The molecule has 0 saturated heterocycles. The zero-order valence-electron chi connectivity index (χ0n) is 30.3. The molecule has 1 aromatic heterocycles. The van der Waals surface area contributed by atoms with Crippen molar-refractivity contribution in [1.82, 2.24) is 9.78 Å². The number of esters is 1. The third kappa shape index (κ3) is 15.6. The minimum atomic E-state index is -5.22. The van der Waals surface area contributed by atoms with Gasteiger partial charge in [0, 0.05) is 57.3 Å². The van der Waals surface area contributed by atoms with Gasteiger partial charge in [-0.1, -0.05) is 18.2 Å². The second-order valence-corrected chi connectivity index (χ2v) is 13.5. The number of carbonyl (C=O) groups excluding carboxylic acids is 3. The number of nitrogens with zero attached hydrogens (tertiary/aromatic N) is 3. The summed E-state index contributed by atoms with van der Waals surface area (Å²) in [5, 5.41) is 15.5. The Morgan fingerprint density at radius 1 is 0.911 bits per heavy atom. The molecule has 27 heteroatoms. The van der Waals surface area contributed by atoms with Crippen molar-refractivity contribution < 1.29 is 265 Å². The third-order valence-electron chi connectivity index (χ3n) is 6.48. The zero-order chi connectivity index (χ0) is 37.7. The number of amides is 1. The molecule has 0 atom stereocenters. The molecule has 1 radical (unpaired) electrons. The van der Waals surface area contributed by atoms with Crippen LogP contribution in [0.4, 0.5) is 5.69 Å². The fourth-order valence-electron chi connectivity index (χ4n) is 4.37. The number of aromatic amines is 1. The van der Waals surface area contributed by atoms with E-state index in [2.05, 4.69) is 10.2 Å². The van der Waals surface area contributed by atoms with E-state index in [9.17, 15) is 54.2 Å². The number of benzene rings is 2. The van der Waals surface area contributed by atoms with E-state index in [1.807, 2.05) is 0 Å². The van der Waals surface area contributed by atoms with Crippen LogP contribution in [0.1, 0.15) is 23.0 Å². The molecule has 1 aliphatic rings. The molecule has 0 saturated carbocycles. The van der Waals surface area contributed by atoms with Crippen LogP contribution in [0.3, 0.4) is 0 Å². The van der Waals surface area contributed by atoms with Gasteiger partial charge in [0.1, 0.15) is 26.3 Å². The topological polar surface area (TPSA) is 295 Å². The minimum Gasteiger partial charge on any atom is -0.795 e. The number of aromatic nitrogens is 2. The van der Waals surface area contributed by atoms with E-state index in [4.69, 9.17) is 9.84 Å². The van der Waals surface area contributed by atoms with E-state index in [0.717, 1.165) is 60.7 Å². The van der Waals surface area contributed by atoms with Gasteiger partial charge in [0.2, 0.25) is 0 Å². The van der Waals surface area contributed by atoms with Crippen LogP contribution < -0.4 is 216 Å². The van der Waals surface area contributed by atoms with Crippen LogP contribution in [-0.4, -0.2) is 131 Å². The van der Waals surface area contributed by atoms with Crippen molar-refractivity contribution in [2.75, 3.05) is 11.6 Å². The molecule has 18 nitrogen and oxygen atoms in total. The first-order valence-electron chi connectivity index (χ1n) is 13.6. The maximum absolute atomic E-state index is 13.4. The van der Waals surface area contributed by atoms with Crippen LogP contribution in [0, 0.1) is 12.0 Å². The zero-order valence-corrected chi connectivity index (χ0v) is 49.2. The minimum absolute atomic E-state index is 0. The Morgan fingerprint density at radius 2 is 1.45 bits per heavy atom. The molecule has 2 N–H and O–H groups in total. The number of nitrogens with one attached hydrogen (secondary N) is 1. The molecule has 4 rings (SSSR count). The maximum Gasteiger partial charge on any atom is 1.00 e. The van der Waals surface area contributed by atoms with Crippen LogP contribution in [0.25, 0.3) is 11.8 Å². The number of Topliss-reactive ketones (excluding diaryl/α,β-unsaturated/α-hetero) is 1. The number of H-pyrrole nitrogens is 1. The van der Waals surface area contributed by atoms with Crippen molar-refractivity contribution in [2.45, 2.75) is 26.5 Å². The number of anilines is 1. The van der Waals surface area contributed by atoms with Gasteiger partial charge in [-0.2, -0.15) is 10.1 Å². The second-order valence-electron chi connectivity index (χ2n) is 9.55. The third-order valence-corrected chi connectivity index (χ3v) is 9.14. The number of aliphatic hydroxyl groups excluding tert-OH is 1. The first-order valence-corrected chi connectivity index (χ1v) is 17.9. The summed E-state index contributed by atoms with van der Waals surface area (Å²) in [5.74, 6) is -1.65. The van der Waals surface area contributed by atoms with Gasteiger partial charge >= 0.3 is 212 Å². The molecule has 0 fully saturated rings. The number of carbonyl (C=O) groups is 3. The average molecular weight is 970 g/mol. The van der Waals surface area contributed by atoms with Gasteiger partial charge in [-0.3, -0.25) is 19.5 Å². The molecule has 1 aliphatic heterocycles. The molecule has 2 aromatic carbocycles. The fourth-order valence-corrected chi connectivity index (χ4v) is 6.21. The Balaban J connectivity index is 0. The van der Waals surface area contributed by atoms with Gasteiger partial charge in [0.15, 0.2) is 11.4 Å². The van der Waals surface area contributed by atoms with Crippen molar-refractivity contribution >= 4 is 131 Å². The number of hydrogen-bond donors (Lipinski definition) is 2. The predicted molar refractivity (Wildman–Crippen MR) is 180 cm³/mol. The van der Waals surface area contributed by atoms with Crippen molar-refractivity contribution in [1.29, 1.82) is 0 Å². The molecule has 0 aliphatic carbocycles. The Morgan fingerprint density at radius 3 is 1.95 bits per heavy atom. The summed E-state index contributed by atoms with van der Waals surface area (Å²) in [6.45, 7) is 1.33. The molecule has 0 spiro atoms. The molecule has 0 unspecified atom stereocenters. The summed E-state index contributed by atoms with van der Waals surface area (Å²) in [7, 11) is -10.4. The van der Waals surface area contributed by atoms with Crippen LogP contribution >= 0.6 is 24.1 Å². The average Bonchev–Trinajstić information content (AvgIpc) is 3.59. The smallest absolute Gasteiger partial charge is 0.795 e. The van der Waals surface area contributed by atoms with Gasteiger partial charge in [0.05, 0.1) is 38.9 Å². The predicted octanol–water partition coefficient (Wildman–Crippen LogP) is -11.0. The largest absolute Gasteiger partial charge is 1.00 e. The quantitative estimate of drug-likeness (QED) is 0.0324. The molecule has 267 valence electrons. The number of hydrazone groups is 1. The first-order chi connectivity index (χ1) is 24.1. The van der Waals surface area contributed by atoms with Gasteiger partial charge < -0.3 is 28.1 Å².